The van der Waals surface area contributed by atoms with Crippen molar-refractivity contribution in [2.24, 2.45) is 5.41 Å². The molecule has 1 saturated heterocycles. The zero-order valence-corrected chi connectivity index (χ0v) is 43.2. The standard InChI is InChI=1S/C41H70N7O18P3S/c1-4-5-6-7-8-9-10-11-12-13-14-15-16-17-18-19-29(49)24-32(51)70-23-22-43-31(50)20-21-44-39(54)36(53)41(2,3)26-63-69(60,61)66-68(58,59)62-25-30-35(65-67(55,56)57)34(52)40(64-30)48-28-47-33-37(42)45-27-46-38(33)48/h13-14,27-28,30,34-36,40,52-53H,4-12,15-26H2,1-3H3,(H,43,50)(H,44,54)(H,58,59)(H,60,61)(H2,42,45,46)(H2,55,56,57)/b14-13-/t30-,34-,35-,36+,40-/m1/s1. The SMILES string of the molecule is CCCCCCCCCC/C=C\CCCCCC(=O)CC(=O)SCCNC(=O)CCNC(=O)[C@H](O)C(C)(C)COP(=O)(O)OP(=O)(O)OC[C@H]1O[C@@H](n2cnc3c(N)ncnc32)[C@H](O)[C@@H]1OP(=O)(O)O. The minimum Gasteiger partial charge on any atom is -0.386 e. The highest BCUT2D eigenvalue weighted by Crippen LogP contribution is 2.61. The van der Waals surface area contributed by atoms with Gasteiger partial charge in [0.1, 0.15) is 42.0 Å². The van der Waals surface area contributed by atoms with E-state index in [1.54, 1.807) is 0 Å². The number of nitrogen functional groups attached to an aromatic ring is 1. The van der Waals surface area contributed by atoms with Gasteiger partial charge in [-0.2, -0.15) is 4.31 Å². The minimum atomic E-state index is -5.59. The van der Waals surface area contributed by atoms with Crippen molar-refractivity contribution in [3.8, 4) is 0 Å². The van der Waals surface area contributed by atoms with Crippen LogP contribution in [0.1, 0.15) is 130 Å². The van der Waals surface area contributed by atoms with Gasteiger partial charge in [-0.15, -0.1) is 0 Å². The molecule has 398 valence electrons. The summed E-state index contributed by atoms with van der Waals surface area (Å²) in [5.74, 6) is -1.42. The number of hydrogen-bond donors (Lipinski definition) is 9. The normalized spacial score (nSPS) is 19.8. The molecular weight excluding hydrogens is 1000 g/mol. The summed E-state index contributed by atoms with van der Waals surface area (Å²) in [6.45, 7) is 2.56. The van der Waals surface area contributed by atoms with Gasteiger partial charge in [0.15, 0.2) is 22.8 Å². The van der Waals surface area contributed by atoms with Gasteiger partial charge < -0.3 is 50.9 Å². The second kappa shape index (κ2) is 30.2. The molecule has 70 heavy (non-hydrogen) atoms. The number of aliphatic hydroxyl groups excluding tert-OH is 2. The van der Waals surface area contributed by atoms with Crippen LogP contribution in [0, 0.1) is 5.41 Å². The molecule has 2 unspecified atom stereocenters. The predicted molar refractivity (Wildman–Crippen MR) is 256 cm³/mol. The number of ketones is 1. The predicted octanol–water partition coefficient (Wildman–Crippen LogP) is 4.66. The number of fused-ring (bicyclic) bond motifs is 1. The highest BCUT2D eigenvalue weighted by molar-refractivity contribution is 8.13. The molecule has 3 rings (SSSR count). The number of phosphoric ester groups is 3. The number of imidazole rings is 1. The lowest BCUT2D eigenvalue weighted by Gasteiger charge is -2.30. The molecular formula is C41H70N7O18P3S. The molecule has 1 fully saturated rings. The lowest BCUT2D eigenvalue weighted by molar-refractivity contribution is -0.137. The maximum atomic E-state index is 12.7. The highest BCUT2D eigenvalue weighted by atomic mass is 32.2. The van der Waals surface area contributed by atoms with Crippen LogP contribution in [0.15, 0.2) is 24.8 Å². The van der Waals surface area contributed by atoms with Gasteiger partial charge in [-0.1, -0.05) is 96.1 Å². The molecule has 25 nitrogen and oxygen atoms in total. The Labute approximate surface area is 411 Å². The van der Waals surface area contributed by atoms with Crippen LogP contribution in [0.5, 0.6) is 0 Å². The number of carbonyl (C=O) groups excluding carboxylic acids is 4. The van der Waals surface area contributed by atoms with Crippen molar-refractivity contribution in [3.05, 3.63) is 24.8 Å². The molecule has 3 heterocycles. The Balaban J connectivity index is 1.29. The fraction of sp³-hybridized carbons (Fsp3) is 0.732. The molecule has 7 atom stereocenters. The monoisotopic (exact) mass is 1070 g/mol. The lowest BCUT2D eigenvalue weighted by atomic mass is 9.87. The van der Waals surface area contributed by atoms with Gasteiger partial charge in [0, 0.05) is 37.1 Å². The Morgan fingerprint density at radius 1 is 0.886 bits per heavy atom. The van der Waals surface area contributed by atoms with Crippen LogP contribution in [0.3, 0.4) is 0 Å². The summed E-state index contributed by atoms with van der Waals surface area (Å²) in [6.07, 6.45) is 12.7. The lowest BCUT2D eigenvalue weighted by Crippen LogP contribution is -2.46. The van der Waals surface area contributed by atoms with Crippen molar-refractivity contribution >= 4 is 74.9 Å². The van der Waals surface area contributed by atoms with Crippen LogP contribution < -0.4 is 16.4 Å². The van der Waals surface area contributed by atoms with Crippen LogP contribution in [0.4, 0.5) is 5.82 Å². The molecule has 10 N–H and O–H groups in total. The number of aliphatic hydroxyl groups is 2. The van der Waals surface area contributed by atoms with E-state index in [9.17, 15) is 62.7 Å². The van der Waals surface area contributed by atoms with Crippen LogP contribution in [0.2, 0.25) is 0 Å². The van der Waals surface area contributed by atoms with E-state index in [-0.39, 0.29) is 59.6 Å². The first-order chi connectivity index (χ1) is 32.9. The first-order valence-electron chi connectivity index (χ1n) is 23.2. The van der Waals surface area contributed by atoms with E-state index >= 15 is 0 Å². The van der Waals surface area contributed by atoms with Gasteiger partial charge in [-0.25, -0.2) is 28.6 Å². The second-order valence-electron chi connectivity index (χ2n) is 17.3. The van der Waals surface area contributed by atoms with E-state index < -0.39 is 84.6 Å². The fourth-order valence-electron chi connectivity index (χ4n) is 6.99. The number of nitrogens with two attached hydrogens (primary N) is 1. The summed E-state index contributed by atoms with van der Waals surface area (Å²) in [7, 11) is -16.5. The van der Waals surface area contributed by atoms with Crippen molar-refractivity contribution in [1.29, 1.82) is 0 Å². The Morgan fingerprint density at radius 2 is 1.51 bits per heavy atom. The summed E-state index contributed by atoms with van der Waals surface area (Å²) in [5.41, 5.74) is 4.24. The number of amides is 2. The minimum absolute atomic E-state index is 0.0257. The zero-order valence-electron chi connectivity index (χ0n) is 39.7. The summed E-state index contributed by atoms with van der Waals surface area (Å²) in [5, 5.41) is 26.2. The van der Waals surface area contributed by atoms with Gasteiger partial charge >= 0.3 is 23.5 Å². The number of ether oxygens (including phenoxy) is 1. The number of allylic oxidation sites excluding steroid dienone is 2. The number of unbranched alkanes of at least 4 members (excludes halogenated alkanes) is 11. The number of carbonyl (C=O) groups is 4. The number of rotatable bonds is 36. The molecule has 1 aliphatic rings. The molecule has 0 saturated carbocycles. The number of thioether (sulfide) groups is 1. The molecule has 0 spiro atoms. The van der Waals surface area contributed by atoms with E-state index in [1.807, 2.05) is 0 Å². The summed E-state index contributed by atoms with van der Waals surface area (Å²) in [4.78, 5) is 101. The topological polar surface area (TPSA) is 381 Å². The van der Waals surface area contributed by atoms with Gasteiger partial charge in [0.2, 0.25) is 11.8 Å². The quantitative estimate of drug-likeness (QED) is 0.0194. The number of hydrogen-bond acceptors (Lipinski definition) is 19. The second-order valence-corrected chi connectivity index (χ2v) is 22.7. The molecule has 0 aliphatic carbocycles. The van der Waals surface area contributed by atoms with Crippen molar-refractivity contribution in [2.45, 2.75) is 154 Å². The third-order valence-electron chi connectivity index (χ3n) is 10.8. The van der Waals surface area contributed by atoms with Gasteiger partial charge in [0.05, 0.1) is 26.0 Å². The van der Waals surface area contributed by atoms with E-state index in [0.717, 1.165) is 61.1 Å². The van der Waals surface area contributed by atoms with E-state index in [1.165, 1.54) is 65.2 Å². The van der Waals surface area contributed by atoms with Crippen LogP contribution in [-0.2, 0) is 55.5 Å². The Hall–Kier alpha value is -3.03. The maximum Gasteiger partial charge on any atom is 0.481 e. The van der Waals surface area contributed by atoms with Crippen molar-refractivity contribution in [2.75, 3.05) is 37.8 Å². The molecule has 0 radical (unpaired) electrons. The van der Waals surface area contributed by atoms with Crippen LogP contribution >= 0.6 is 35.2 Å². The third kappa shape index (κ3) is 22.8. The summed E-state index contributed by atoms with van der Waals surface area (Å²) < 4.78 is 62.4. The Morgan fingerprint density at radius 3 is 2.17 bits per heavy atom. The molecule has 2 aromatic heterocycles. The average molecular weight is 1070 g/mol. The van der Waals surface area contributed by atoms with E-state index in [4.69, 9.17) is 19.5 Å². The first kappa shape index (κ1) is 61.3. The van der Waals surface area contributed by atoms with Crippen LogP contribution in [0.25, 0.3) is 11.2 Å². The summed E-state index contributed by atoms with van der Waals surface area (Å²) in [6, 6.07) is 0. The highest BCUT2D eigenvalue weighted by Gasteiger charge is 2.50. The van der Waals surface area contributed by atoms with E-state index in [0.29, 0.717) is 6.42 Å². The largest absolute Gasteiger partial charge is 0.481 e. The molecule has 2 amide bonds. The average Bonchev–Trinajstić information content (AvgIpc) is 3.84. The van der Waals surface area contributed by atoms with Crippen molar-refractivity contribution < 1.29 is 85.3 Å². The van der Waals surface area contributed by atoms with Crippen LogP contribution in [-0.4, -0.2) is 128 Å². The Bertz CT molecular complexity index is 2160. The molecule has 0 aromatic carbocycles. The number of nitrogens with one attached hydrogen (secondary N) is 2. The first-order valence-corrected chi connectivity index (χ1v) is 28.7. The number of anilines is 1. The maximum absolute atomic E-state index is 12.7. The van der Waals surface area contributed by atoms with Gasteiger partial charge in [0.25, 0.3) is 0 Å². The third-order valence-corrected chi connectivity index (χ3v) is 14.8. The van der Waals surface area contributed by atoms with Gasteiger partial charge in [-0.3, -0.25) is 37.3 Å². The molecule has 29 heteroatoms. The fourth-order valence-corrected chi connectivity index (χ4v) is 10.5. The van der Waals surface area contributed by atoms with Crippen molar-refractivity contribution in [1.82, 2.24) is 30.2 Å². The van der Waals surface area contributed by atoms with Crippen molar-refractivity contribution in [3.63, 3.8) is 0 Å². The van der Waals surface area contributed by atoms with Gasteiger partial charge in [-0.05, 0) is 32.1 Å². The molecule has 0 bridgehead atoms. The number of phosphoric acid groups is 3. The molecule has 1 aliphatic heterocycles. The summed E-state index contributed by atoms with van der Waals surface area (Å²) >= 11 is 0.932. The number of Topliss-reactive ketones (excluding diaryl/α,β-unsaturated/α-hetero) is 1. The molecule has 2 aromatic rings. The number of nitrogens with zero attached hydrogens (tertiary/aromatic N) is 4. The zero-order chi connectivity index (χ0) is 52.0. The number of aromatic nitrogens is 4. The smallest absolute Gasteiger partial charge is 0.386 e. The Kier molecular flexibility index (Phi) is 26.5. The van der Waals surface area contributed by atoms with E-state index in [2.05, 4.69) is 53.5 Å².